The van der Waals surface area contributed by atoms with E-state index in [1.54, 1.807) is 19.1 Å². The summed E-state index contributed by atoms with van der Waals surface area (Å²) in [6.45, 7) is 1.34. The number of likely N-dealkylation sites (tertiary alicyclic amines) is 1. The highest BCUT2D eigenvalue weighted by atomic mass is 16.3. The number of benzene rings is 1. The number of hydrogen-bond donors (Lipinski definition) is 2. The maximum Gasteiger partial charge on any atom is 0.240 e. The zero-order valence-electron chi connectivity index (χ0n) is 14.6. The Balaban J connectivity index is 1.37. The quantitative estimate of drug-likeness (QED) is 0.605. The molecule has 0 aromatic heterocycles. The van der Waals surface area contributed by atoms with Gasteiger partial charge in [0.25, 0.3) is 0 Å². The number of carbonyl (C=O) groups excluding carboxylic acids is 3. The molecule has 0 unspecified atom stereocenters. The van der Waals surface area contributed by atoms with Crippen LogP contribution in [-0.2, 0) is 20.0 Å². The number of allylic oxidation sites excluding steroid dienone is 2. The molecule has 1 aliphatic heterocycles. The lowest BCUT2D eigenvalue weighted by atomic mass is 9.85. The number of carbonyl (C=O) groups is 3. The minimum absolute atomic E-state index is 0.00568. The molecule has 0 spiro atoms. The summed E-state index contributed by atoms with van der Waals surface area (Å²) in [5.74, 6) is -1.23. The van der Waals surface area contributed by atoms with Crippen LogP contribution in [0.5, 0.6) is 0 Å². The molecule has 26 heavy (non-hydrogen) atoms. The third-order valence-corrected chi connectivity index (χ3v) is 5.89. The van der Waals surface area contributed by atoms with Crippen LogP contribution in [0.2, 0.25) is 0 Å². The van der Waals surface area contributed by atoms with E-state index in [9.17, 15) is 19.5 Å². The Bertz CT molecular complexity index is 756. The van der Waals surface area contributed by atoms with E-state index >= 15 is 0 Å². The van der Waals surface area contributed by atoms with E-state index < -0.39 is 11.5 Å². The fraction of sp³-hybridized carbons (Fsp3) is 0.450. The van der Waals surface area contributed by atoms with Crippen molar-refractivity contribution in [1.29, 1.82) is 0 Å². The van der Waals surface area contributed by atoms with Crippen LogP contribution >= 0.6 is 0 Å². The van der Waals surface area contributed by atoms with Gasteiger partial charge >= 0.3 is 0 Å². The maximum atomic E-state index is 12.6. The van der Waals surface area contributed by atoms with Crippen LogP contribution in [-0.4, -0.2) is 40.8 Å². The van der Waals surface area contributed by atoms with Crippen molar-refractivity contribution < 1.29 is 19.5 Å². The summed E-state index contributed by atoms with van der Waals surface area (Å²) in [6.07, 6.45) is 4.92. The van der Waals surface area contributed by atoms with Gasteiger partial charge in [-0.25, -0.2) is 0 Å². The second kappa shape index (κ2) is 6.06. The number of imide groups is 1. The summed E-state index contributed by atoms with van der Waals surface area (Å²) < 4.78 is 0. The average Bonchev–Trinajstić information content (AvgIpc) is 3.31. The van der Waals surface area contributed by atoms with E-state index in [4.69, 9.17) is 0 Å². The molecule has 5 atom stereocenters. The van der Waals surface area contributed by atoms with E-state index in [2.05, 4.69) is 5.32 Å². The summed E-state index contributed by atoms with van der Waals surface area (Å²) in [4.78, 5) is 38.5. The van der Waals surface area contributed by atoms with Gasteiger partial charge in [-0.2, -0.15) is 0 Å². The number of nitrogens with one attached hydrogen (secondary N) is 1. The molecule has 136 valence electrons. The van der Waals surface area contributed by atoms with Crippen molar-refractivity contribution in [2.24, 2.45) is 23.7 Å². The molecule has 6 heteroatoms. The minimum atomic E-state index is -1.23. The van der Waals surface area contributed by atoms with Crippen molar-refractivity contribution in [3.63, 3.8) is 0 Å². The summed E-state index contributed by atoms with van der Waals surface area (Å²) >= 11 is 0. The van der Waals surface area contributed by atoms with E-state index in [0.29, 0.717) is 5.56 Å². The lowest BCUT2D eigenvalue weighted by Gasteiger charge is -2.25. The van der Waals surface area contributed by atoms with Crippen molar-refractivity contribution >= 4 is 17.7 Å². The van der Waals surface area contributed by atoms with Gasteiger partial charge in [0.1, 0.15) is 12.1 Å². The Morgan fingerprint density at radius 3 is 2.31 bits per heavy atom. The zero-order chi connectivity index (χ0) is 18.5. The number of rotatable bonds is 5. The van der Waals surface area contributed by atoms with Crippen LogP contribution in [0.3, 0.4) is 0 Å². The lowest BCUT2D eigenvalue weighted by Crippen LogP contribution is -2.45. The largest absolute Gasteiger partial charge is 0.384 e. The van der Waals surface area contributed by atoms with Gasteiger partial charge in [-0.3, -0.25) is 19.3 Å². The normalized spacial score (nSPS) is 31.2. The molecule has 1 heterocycles. The first-order valence-electron chi connectivity index (χ1n) is 8.96. The third kappa shape index (κ3) is 2.65. The third-order valence-electron chi connectivity index (χ3n) is 5.89. The Morgan fingerprint density at radius 2 is 1.73 bits per heavy atom. The summed E-state index contributed by atoms with van der Waals surface area (Å²) in [5.41, 5.74) is -0.541. The molecule has 2 fully saturated rings. The van der Waals surface area contributed by atoms with Crippen LogP contribution in [0, 0.1) is 23.7 Å². The second-order valence-corrected chi connectivity index (χ2v) is 7.68. The van der Waals surface area contributed by atoms with Crippen molar-refractivity contribution in [1.82, 2.24) is 10.2 Å². The average molecular weight is 354 g/mol. The van der Waals surface area contributed by atoms with E-state index in [1.165, 1.54) is 0 Å². The fourth-order valence-corrected chi connectivity index (χ4v) is 4.49. The molecular formula is C20H22N2O4. The molecule has 6 nitrogen and oxygen atoms in total. The first kappa shape index (κ1) is 17.0. The van der Waals surface area contributed by atoms with Crippen molar-refractivity contribution in [2.45, 2.75) is 18.9 Å². The van der Waals surface area contributed by atoms with E-state index in [-0.39, 0.29) is 48.6 Å². The van der Waals surface area contributed by atoms with Crippen LogP contribution in [0.1, 0.15) is 18.9 Å². The summed E-state index contributed by atoms with van der Waals surface area (Å²) in [7, 11) is 0. The molecule has 1 saturated heterocycles. The number of fused-ring (bicyclic) bond motifs is 5. The predicted octanol–water partition coefficient (Wildman–Crippen LogP) is 0.817. The highest BCUT2D eigenvalue weighted by molar-refractivity contribution is 6.08. The molecule has 1 aromatic rings. The van der Waals surface area contributed by atoms with Gasteiger partial charge in [0.2, 0.25) is 17.7 Å². The predicted molar refractivity (Wildman–Crippen MR) is 93.5 cm³/mol. The first-order valence-corrected chi connectivity index (χ1v) is 8.96. The molecule has 3 amide bonds. The van der Waals surface area contributed by atoms with Crippen LogP contribution < -0.4 is 5.32 Å². The Kier molecular flexibility index (Phi) is 3.95. The van der Waals surface area contributed by atoms with Gasteiger partial charge in [0.15, 0.2) is 0 Å². The molecule has 2 bridgehead atoms. The van der Waals surface area contributed by atoms with Gasteiger partial charge in [-0.15, -0.1) is 0 Å². The molecular weight excluding hydrogens is 332 g/mol. The highest BCUT2D eigenvalue weighted by Gasteiger charge is 2.59. The molecule has 1 aromatic carbocycles. The number of hydrogen-bond acceptors (Lipinski definition) is 4. The van der Waals surface area contributed by atoms with Crippen molar-refractivity contribution in [3.8, 4) is 0 Å². The first-order chi connectivity index (χ1) is 12.4. The second-order valence-electron chi connectivity index (χ2n) is 7.68. The standard InChI is InChI=1S/C20H22N2O4/c1-20(26,14-5-3-2-4-6-14)11-21-15(23)10-22-18(24)16-12-7-8-13(9-12)17(16)19(22)25/h2-8,12-13,16-17,26H,9-11H2,1H3,(H,21,23)/t12-,13-,16-,17-,20-/m0/s1. The fourth-order valence-electron chi connectivity index (χ4n) is 4.49. The topological polar surface area (TPSA) is 86.7 Å². The highest BCUT2D eigenvalue weighted by Crippen LogP contribution is 2.52. The smallest absolute Gasteiger partial charge is 0.240 e. The molecule has 2 aliphatic carbocycles. The van der Waals surface area contributed by atoms with Crippen LogP contribution in [0.25, 0.3) is 0 Å². The molecule has 2 N–H and O–H groups in total. The number of nitrogens with zero attached hydrogens (tertiary/aromatic N) is 1. The molecule has 3 aliphatic rings. The minimum Gasteiger partial charge on any atom is -0.384 e. The van der Waals surface area contributed by atoms with Crippen LogP contribution in [0.4, 0.5) is 0 Å². The summed E-state index contributed by atoms with van der Waals surface area (Å²) in [5, 5.41) is 13.2. The van der Waals surface area contributed by atoms with E-state index in [0.717, 1.165) is 11.3 Å². The Morgan fingerprint density at radius 1 is 1.15 bits per heavy atom. The SMILES string of the molecule is C[C@](O)(CNC(=O)CN1C(=O)[C@@H]2[C@@H](C1=O)[C@H]1C=C[C@H]2C1)c1ccccc1. The van der Waals surface area contributed by atoms with Gasteiger partial charge in [0.05, 0.1) is 18.4 Å². The van der Waals surface area contributed by atoms with Gasteiger partial charge < -0.3 is 10.4 Å². The number of amides is 3. The zero-order valence-corrected chi connectivity index (χ0v) is 14.6. The monoisotopic (exact) mass is 354 g/mol. The maximum absolute atomic E-state index is 12.6. The van der Waals surface area contributed by atoms with Crippen molar-refractivity contribution in [3.05, 3.63) is 48.0 Å². The Hall–Kier alpha value is -2.47. The molecule has 4 rings (SSSR count). The van der Waals surface area contributed by atoms with Gasteiger partial charge in [-0.05, 0) is 30.7 Å². The van der Waals surface area contributed by atoms with Gasteiger partial charge in [-0.1, -0.05) is 42.5 Å². The number of aliphatic hydroxyl groups is 1. The van der Waals surface area contributed by atoms with Crippen molar-refractivity contribution in [2.75, 3.05) is 13.1 Å². The van der Waals surface area contributed by atoms with E-state index in [1.807, 2.05) is 30.4 Å². The van der Waals surface area contributed by atoms with Gasteiger partial charge in [0, 0.05) is 0 Å². The molecule has 1 saturated carbocycles. The summed E-state index contributed by atoms with van der Waals surface area (Å²) in [6, 6.07) is 9.04. The molecule has 0 radical (unpaired) electrons. The van der Waals surface area contributed by atoms with Crippen LogP contribution in [0.15, 0.2) is 42.5 Å². The lowest BCUT2D eigenvalue weighted by molar-refractivity contribution is -0.144. The Labute approximate surface area is 151 Å².